The van der Waals surface area contributed by atoms with Gasteiger partial charge in [-0.15, -0.1) is 0 Å². The van der Waals surface area contributed by atoms with E-state index in [0.29, 0.717) is 12.1 Å². The van der Waals surface area contributed by atoms with Gasteiger partial charge in [-0.05, 0) is 60.0 Å². The molecule has 1 aliphatic heterocycles. The predicted octanol–water partition coefficient (Wildman–Crippen LogP) is 3.03. The second-order valence-corrected chi connectivity index (χ2v) is 9.36. The van der Waals surface area contributed by atoms with Crippen LogP contribution in [0.5, 0.6) is 5.75 Å². The molecule has 10 heteroatoms. The van der Waals surface area contributed by atoms with E-state index in [0.717, 1.165) is 43.0 Å². The van der Waals surface area contributed by atoms with Gasteiger partial charge in [-0.2, -0.15) is 0 Å². The molecule has 0 saturated carbocycles. The van der Waals surface area contributed by atoms with Crippen molar-refractivity contribution in [1.29, 1.82) is 0 Å². The largest absolute Gasteiger partial charge is 0.497 e. The SMILES string of the molecule is COc1ccc(CN2CCC(NC(=O)c3cc(Cn4c(=O)[nH]c(=O)c5cc(F)ccc54)ccc3F)C2)cc1. The van der Waals surface area contributed by atoms with E-state index in [-0.39, 0.29) is 29.1 Å². The summed E-state index contributed by atoms with van der Waals surface area (Å²) in [6.45, 7) is 2.11. The molecule has 1 aliphatic rings. The van der Waals surface area contributed by atoms with Gasteiger partial charge in [0.1, 0.15) is 17.4 Å². The highest BCUT2D eigenvalue weighted by Crippen LogP contribution is 2.19. The van der Waals surface area contributed by atoms with E-state index in [4.69, 9.17) is 4.74 Å². The summed E-state index contributed by atoms with van der Waals surface area (Å²) in [5, 5.41) is 2.94. The van der Waals surface area contributed by atoms with Crippen molar-refractivity contribution in [3.05, 3.63) is 110 Å². The Kier molecular flexibility index (Phi) is 7.06. The standard InChI is InChI=1S/C28H26F2N4O4/c1-38-21-6-2-17(3-7-21)14-33-11-10-20(16-33)31-26(35)22-12-18(4-8-24(22)30)15-34-25-9-5-19(29)13-23(25)27(36)32-28(34)37/h2-9,12-13,20H,10-11,14-16H2,1H3,(H,31,35)(H,32,36,37). The van der Waals surface area contributed by atoms with Gasteiger partial charge in [-0.3, -0.25) is 24.0 Å². The number of methoxy groups -OCH3 is 1. The van der Waals surface area contributed by atoms with Crippen LogP contribution in [0.1, 0.15) is 27.9 Å². The molecule has 1 fully saturated rings. The number of benzene rings is 3. The van der Waals surface area contributed by atoms with E-state index >= 15 is 0 Å². The highest BCUT2D eigenvalue weighted by atomic mass is 19.1. The summed E-state index contributed by atoms with van der Waals surface area (Å²) >= 11 is 0. The first-order valence-electron chi connectivity index (χ1n) is 12.2. The molecule has 38 heavy (non-hydrogen) atoms. The van der Waals surface area contributed by atoms with Crippen molar-refractivity contribution in [1.82, 2.24) is 19.8 Å². The Morgan fingerprint density at radius 1 is 1.03 bits per heavy atom. The minimum absolute atomic E-state index is 0.0186. The summed E-state index contributed by atoms with van der Waals surface area (Å²) in [5.74, 6) is -1.04. The Hall–Kier alpha value is -4.31. The number of nitrogens with zero attached hydrogens (tertiary/aromatic N) is 2. The van der Waals surface area contributed by atoms with Crippen LogP contribution in [0.25, 0.3) is 10.9 Å². The number of hydrogen-bond donors (Lipinski definition) is 2. The third-order valence-corrected chi connectivity index (χ3v) is 6.75. The number of H-pyrrole nitrogens is 1. The molecule has 1 unspecified atom stereocenters. The van der Waals surface area contributed by atoms with E-state index < -0.39 is 28.8 Å². The third kappa shape index (κ3) is 5.35. The average molecular weight is 521 g/mol. The van der Waals surface area contributed by atoms with Crippen LogP contribution in [0.4, 0.5) is 8.78 Å². The minimum Gasteiger partial charge on any atom is -0.497 e. The maximum atomic E-state index is 14.6. The number of aromatic nitrogens is 2. The van der Waals surface area contributed by atoms with Gasteiger partial charge in [0.05, 0.1) is 30.1 Å². The number of ether oxygens (including phenoxy) is 1. The zero-order chi connectivity index (χ0) is 26.8. The zero-order valence-electron chi connectivity index (χ0n) is 20.7. The van der Waals surface area contributed by atoms with Crippen LogP contribution in [0.15, 0.2) is 70.3 Å². The third-order valence-electron chi connectivity index (χ3n) is 6.75. The lowest BCUT2D eigenvalue weighted by Crippen LogP contribution is -2.37. The first kappa shape index (κ1) is 25.3. The van der Waals surface area contributed by atoms with Crippen LogP contribution in [0.3, 0.4) is 0 Å². The Labute approximate surface area is 216 Å². The van der Waals surface area contributed by atoms with Crippen LogP contribution in [0, 0.1) is 11.6 Å². The van der Waals surface area contributed by atoms with Crippen LogP contribution in [0.2, 0.25) is 0 Å². The van der Waals surface area contributed by atoms with E-state index in [1.54, 1.807) is 7.11 Å². The van der Waals surface area contributed by atoms with Crippen LogP contribution in [-0.4, -0.2) is 46.6 Å². The second kappa shape index (κ2) is 10.6. The van der Waals surface area contributed by atoms with Crippen molar-refractivity contribution in [2.24, 2.45) is 0 Å². The number of amides is 1. The van der Waals surface area contributed by atoms with Gasteiger partial charge in [0, 0.05) is 25.7 Å². The van der Waals surface area contributed by atoms with Gasteiger partial charge in [0.25, 0.3) is 11.5 Å². The molecule has 0 aliphatic carbocycles. The van der Waals surface area contributed by atoms with Gasteiger partial charge >= 0.3 is 5.69 Å². The molecular weight excluding hydrogens is 494 g/mol. The van der Waals surface area contributed by atoms with Crippen LogP contribution < -0.4 is 21.3 Å². The summed E-state index contributed by atoms with van der Waals surface area (Å²) < 4.78 is 34.7. The molecule has 5 rings (SSSR count). The number of nitrogens with one attached hydrogen (secondary N) is 2. The number of halogens is 2. The van der Waals surface area contributed by atoms with Gasteiger partial charge in [-0.1, -0.05) is 18.2 Å². The van der Waals surface area contributed by atoms with Gasteiger partial charge in [0.15, 0.2) is 0 Å². The maximum absolute atomic E-state index is 14.6. The molecule has 2 N–H and O–H groups in total. The number of hydrogen-bond acceptors (Lipinski definition) is 5. The van der Waals surface area contributed by atoms with Gasteiger partial charge in [-0.25, -0.2) is 13.6 Å². The van der Waals surface area contributed by atoms with Gasteiger partial charge < -0.3 is 10.1 Å². The summed E-state index contributed by atoms with van der Waals surface area (Å²) in [4.78, 5) is 42.0. The lowest BCUT2D eigenvalue weighted by Gasteiger charge is -2.17. The Bertz CT molecular complexity index is 1610. The fraction of sp³-hybridized carbons (Fsp3) is 0.250. The van der Waals surface area contributed by atoms with Crippen molar-refractivity contribution in [3.8, 4) is 5.75 Å². The average Bonchev–Trinajstić information content (AvgIpc) is 3.34. The summed E-state index contributed by atoms with van der Waals surface area (Å²) in [7, 11) is 1.62. The maximum Gasteiger partial charge on any atom is 0.329 e. The monoisotopic (exact) mass is 520 g/mol. The molecule has 1 saturated heterocycles. The number of rotatable bonds is 7. The molecule has 8 nitrogen and oxygen atoms in total. The minimum atomic E-state index is -0.697. The normalized spacial score (nSPS) is 15.6. The lowest BCUT2D eigenvalue weighted by atomic mass is 10.1. The van der Waals surface area contributed by atoms with Crippen LogP contribution >= 0.6 is 0 Å². The zero-order valence-corrected chi connectivity index (χ0v) is 20.7. The molecular formula is C28H26F2N4O4. The highest BCUT2D eigenvalue weighted by molar-refractivity contribution is 5.95. The van der Waals surface area contributed by atoms with Crippen molar-refractivity contribution < 1.29 is 18.3 Å². The lowest BCUT2D eigenvalue weighted by molar-refractivity contribution is 0.0933. The number of fused-ring (bicyclic) bond motifs is 1. The second-order valence-electron chi connectivity index (χ2n) is 9.36. The summed E-state index contributed by atoms with van der Waals surface area (Å²) in [5.41, 5.74) is 0.320. The molecule has 0 spiro atoms. The Morgan fingerprint density at radius 2 is 1.79 bits per heavy atom. The molecule has 1 atom stereocenters. The molecule has 1 aromatic heterocycles. The molecule has 3 aromatic carbocycles. The number of likely N-dealkylation sites (tertiary alicyclic amines) is 1. The first-order chi connectivity index (χ1) is 18.3. The van der Waals surface area contributed by atoms with E-state index in [1.807, 2.05) is 24.3 Å². The molecule has 196 valence electrons. The van der Waals surface area contributed by atoms with Crippen LogP contribution in [-0.2, 0) is 13.1 Å². The van der Waals surface area contributed by atoms with E-state index in [1.165, 1.54) is 28.8 Å². The van der Waals surface area contributed by atoms with Crippen molar-refractivity contribution >= 4 is 16.8 Å². The fourth-order valence-corrected chi connectivity index (χ4v) is 4.80. The molecule has 0 bridgehead atoms. The highest BCUT2D eigenvalue weighted by Gasteiger charge is 2.25. The van der Waals surface area contributed by atoms with E-state index in [9.17, 15) is 23.2 Å². The molecule has 1 amide bonds. The predicted molar refractivity (Wildman–Crippen MR) is 138 cm³/mol. The smallest absolute Gasteiger partial charge is 0.329 e. The van der Waals surface area contributed by atoms with Gasteiger partial charge in [0.2, 0.25) is 0 Å². The quantitative estimate of drug-likeness (QED) is 0.391. The fourth-order valence-electron chi connectivity index (χ4n) is 4.80. The Balaban J connectivity index is 1.29. The summed E-state index contributed by atoms with van der Waals surface area (Å²) in [6.07, 6.45) is 0.735. The first-order valence-corrected chi connectivity index (χ1v) is 12.2. The topological polar surface area (TPSA) is 96.4 Å². The van der Waals surface area contributed by atoms with Crippen molar-refractivity contribution in [2.75, 3.05) is 20.2 Å². The summed E-state index contributed by atoms with van der Waals surface area (Å²) in [6, 6.07) is 15.2. The van der Waals surface area contributed by atoms with Crippen molar-refractivity contribution in [3.63, 3.8) is 0 Å². The van der Waals surface area contributed by atoms with E-state index in [2.05, 4.69) is 15.2 Å². The number of carbonyl (C=O) groups is 1. The molecule has 0 radical (unpaired) electrons. The number of carbonyl (C=O) groups excluding carboxylic acids is 1. The number of aromatic amines is 1. The molecule has 4 aromatic rings. The van der Waals surface area contributed by atoms with Crippen molar-refractivity contribution in [2.45, 2.75) is 25.6 Å². The Morgan fingerprint density at radius 3 is 2.55 bits per heavy atom. The molecule has 2 heterocycles.